The standard InChI is InChI=1S/C19H24N2O2S/c1-3-21(13-17-10-7-11-24-17)14-19(23)20-18(15(2)22)12-16-8-5-4-6-9-16/h4-11,18H,3,12-14H2,1-2H3,(H,20,23)/t18-/m1/s1. The Morgan fingerprint density at radius 3 is 2.50 bits per heavy atom. The molecule has 0 saturated carbocycles. The molecule has 1 N–H and O–H groups in total. The minimum atomic E-state index is -0.472. The Morgan fingerprint density at radius 1 is 1.17 bits per heavy atom. The minimum Gasteiger partial charge on any atom is -0.345 e. The Morgan fingerprint density at radius 2 is 1.92 bits per heavy atom. The molecule has 2 rings (SSSR count). The van der Waals surface area contributed by atoms with Crippen LogP contribution in [0.5, 0.6) is 0 Å². The van der Waals surface area contributed by atoms with Crippen molar-refractivity contribution in [3.05, 3.63) is 58.3 Å². The van der Waals surface area contributed by atoms with Crippen LogP contribution in [0.1, 0.15) is 24.3 Å². The predicted octanol–water partition coefficient (Wildman–Crippen LogP) is 2.89. The highest BCUT2D eigenvalue weighted by Crippen LogP contribution is 2.11. The lowest BCUT2D eigenvalue weighted by atomic mass is 10.0. The van der Waals surface area contributed by atoms with Crippen molar-refractivity contribution >= 4 is 23.0 Å². The van der Waals surface area contributed by atoms with Crippen molar-refractivity contribution in [2.45, 2.75) is 32.9 Å². The number of Topliss-reactive ketones (excluding diaryl/α,β-unsaturated/α-hetero) is 1. The lowest BCUT2D eigenvalue weighted by Crippen LogP contribution is -2.45. The van der Waals surface area contributed by atoms with Gasteiger partial charge in [-0.15, -0.1) is 11.3 Å². The van der Waals surface area contributed by atoms with E-state index in [0.717, 1.165) is 18.7 Å². The summed E-state index contributed by atoms with van der Waals surface area (Å²) in [4.78, 5) is 27.5. The lowest BCUT2D eigenvalue weighted by Gasteiger charge is -2.21. The molecule has 0 aliphatic rings. The molecular formula is C19H24N2O2S. The van der Waals surface area contributed by atoms with E-state index in [1.165, 1.54) is 11.8 Å². The molecule has 0 radical (unpaired) electrons. The van der Waals surface area contributed by atoms with Crippen LogP contribution in [0.15, 0.2) is 47.8 Å². The number of hydrogen-bond acceptors (Lipinski definition) is 4. The topological polar surface area (TPSA) is 49.4 Å². The normalized spacial score (nSPS) is 12.1. The van der Waals surface area contributed by atoms with Gasteiger partial charge in [-0.25, -0.2) is 0 Å². The third kappa shape index (κ3) is 5.91. The molecule has 0 saturated heterocycles. The minimum absolute atomic E-state index is 0.0199. The first-order chi connectivity index (χ1) is 11.6. The molecule has 5 heteroatoms. The second-order valence-electron chi connectivity index (χ2n) is 5.80. The molecule has 0 fully saturated rings. The van der Waals surface area contributed by atoms with Crippen LogP contribution >= 0.6 is 11.3 Å². The van der Waals surface area contributed by atoms with Crippen LogP contribution in [-0.2, 0) is 22.6 Å². The molecule has 0 aliphatic carbocycles. The Labute approximate surface area is 147 Å². The average Bonchev–Trinajstić information content (AvgIpc) is 3.07. The van der Waals surface area contributed by atoms with E-state index in [1.54, 1.807) is 11.3 Å². The molecule has 128 valence electrons. The quantitative estimate of drug-likeness (QED) is 0.761. The first kappa shape index (κ1) is 18.4. The summed E-state index contributed by atoms with van der Waals surface area (Å²) in [5, 5.41) is 4.92. The van der Waals surface area contributed by atoms with Gasteiger partial charge < -0.3 is 5.32 Å². The lowest BCUT2D eigenvalue weighted by molar-refractivity contribution is -0.127. The molecule has 24 heavy (non-hydrogen) atoms. The van der Waals surface area contributed by atoms with E-state index in [-0.39, 0.29) is 11.7 Å². The van der Waals surface area contributed by atoms with E-state index in [4.69, 9.17) is 0 Å². The van der Waals surface area contributed by atoms with Crippen LogP contribution in [0.25, 0.3) is 0 Å². The van der Waals surface area contributed by atoms with Crippen molar-refractivity contribution in [2.75, 3.05) is 13.1 Å². The predicted molar refractivity (Wildman–Crippen MR) is 98.0 cm³/mol. The van der Waals surface area contributed by atoms with Gasteiger partial charge in [0.05, 0.1) is 12.6 Å². The van der Waals surface area contributed by atoms with Crippen LogP contribution in [0.3, 0.4) is 0 Å². The van der Waals surface area contributed by atoms with Gasteiger partial charge in [0.15, 0.2) is 5.78 Å². The van der Waals surface area contributed by atoms with Crippen molar-refractivity contribution in [1.82, 2.24) is 10.2 Å². The summed E-state index contributed by atoms with van der Waals surface area (Å²) in [6.45, 7) is 5.40. The van der Waals surface area contributed by atoms with Crippen molar-refractivity contribution in [3.8, 4) is 0 Å². The van der Waals surface area contributed by atoms with E-state index in [9.17, 15) is 9.59 Å². The summed E-state index contributed by atoms with van der Waals surface area (Å²) >= 11 is 1.69. The summed E-state index contributed by atoms with van der Waals surface area (Å²) in [6, 6.07) is 13.4. The summed E-state index contributed by atoms with van der Waals surface area (Å²) < 4.78 is 0. The molecule has 1 amide bonds. The van der Waals surface area contributed by atoms with Gasteiger partial charge in [0, 0.05) is 11.4 Å². The number of thiophene rings is 1. The maximum Gasteiger partial charge on any atom is 0.234 e. The number of amides is 1. The zero-order valence-corrected chi connectivity index (χ0v) is 15.0. The largest absolute Gasteiger partial charge is 0.345 e. The zero-order valence-electron chi connectivity index (χ0n) is 14.2. The maximum atomic E-state index is 12.3. The van der Waals surface area contributed by atoms with Crippen LogP contribution in [0.2, 0.25) is 0 Å². The van der Waals surface area contributed by atoms with E-state index in [0.29, 0.717) is 13.0 Å². The van der Waals surface area contributed by atoms with E-state index in [2.05, 4.69) is 16.3 Å². The second kappa shape index (κ2) is 9.35. The van der Waals surface area contributed by atoms with E-state index >= 15 is 0 Å². The molecule has 1 aromatic heterocycles. The summed E-state index contributed by atoms with van der Waals surface area (Å²) in [7, 11) is 0. The Kier molecular flexibility index (Phi) is 7.15. The molecule has 0 unspecified atom stereocenters. The Hall–Kier alpha value is -1.98. The van der Waals surface area contributed by atoms with Gasteiger partial charge >= 0.3 is 0 Å². The average molecular weight is 344 g/mol. The van der Waals surface area contributed by atoms with Crippen molar-refractivity contribution in [2.24, 2.45) is 0 Å². The SMILES string of the molecule is CCN(CC(=O)N[C@H](Cc1ccccc1)C(C)=O)Cc1cccs1. The molecule has 1 aromatic carbocycles. The number of carbonyl (C=O) groups excluding carboxylic acids is 2. The third-order valence-electron chi connectivity index (χ3n) is 3.88. The molecule has 0 spiro atoms. The molecule has 0 bridgehead atoms. The fourth-order valence-corrected chi connectivity index (χ4v) is 3.24. The van der Waals surface area contributed by atoms with Gasteiger partial charge in [0.25, 0.3) is 0 Å². The van der Waals surface area contributed by atoms with Crippen LogP contribution in [-0.4, -0.2) is 35.7 Å². The molecule has 4 nitrogen and oxygen atoms in total. The number of hydrogen-bond donors (Lipinski definition) is 1. The summed E-state index contributed by atoms with van der Waals surface area (Å²) in [5.41, 5.74) is 1.05. The first-order valence-corrected chi connectivity index (χ1v) is 9.05. The molecule has 0 aliphatic heterocycles. The number of likely N-dealkylation sites (N-methyl/N-ethyl adjacent to an activating group) is 1. The van der Waals surface area contributed by atoms with E-state index in [1.807, 2.05) is 48.7 Å². The van der Waals surface area contributed by atoms with Gasteiger partial charge in [0.1, 0.15) is 0 Å². The van der Waals surface area contributed by atoms with Gasteiger partial charge in [0.2, 0.25) is 5.91 Å². The van der Waals surface area contributed by atoms with Gasteiger partial charge in [-0.05, 0) is 36.9 Å². The fraction of sp³-hybridized carbons (Fsp3) is 0.368. The summed E-state index contributed by atoms with van der Waals surface area (Å²) in [5.74, 6) is -0.127. The summed E-state index contributed by atoms with van der Waals surface area (Å²) in [6.07, 6.45) is 0.527. The van der Waals surface area contributed by atoms with Crippen molar-refractivity contribution < 1.29 is 9.59 Å². The van der Waals surface area contributed by atoms with Gasteiger partial charge in [-0.1, -0.05) is 43.3 Å². The third-order valence-corrected chi connectivity index (χ3v) is 4.74. The Bertz CT molecular complexity index is 641. The number of carbonyl (C=O) groups is 2. The highest BCUT2D eigenvalue weighted by atomic mass is 32.1. The second-order valence-corrected chi connectivity index (χ2v) is 6.84. The van der Waals surface area contributed by atoms with Gasteiger partial charge in [-0.3, -0.25) is 14.5 Å². The van der Waals surface area contributed by atoms with Crippen LogP contribution in [0, 0.1) is 0 Å². The zero-order chi connectivity index (χ0) is 17.4. The highest BCUT2D eigenvalue weighted by Gasteiger charge is 2.19. The van der Waals surface area contributed by atoms with Gasteiger partial charge in [-0.2, -0.15) is 0 Å². The highest BCUT2D eigenvalue weighted by molar-refractivity contribution is 7.09. The number of benzene rings is 1. The Balaban J connectivity index is 1.90. The maximum absolute atomic E-state index is 12.3. The van der Waals surface area contributed by atoms with Crippen molar-refractivity contribution in [1.29, 1.82) is 0 Å². The molecular weight excluding hydrogens is 320 g/mol. The molecule has 1 atom stereocenters. The number of rotatable bonds is 9. The molecule has 1 heterocycles. The first-order valence-electron chi connectivity index (χ1n) is 8.17. The van der Waals surface area contributed by atoms with Crippen LogP contribution in [0.4, 0.5) is 0 Å². The fourth-order valence-electron chi connectivity index (χ4n) is 2.49. The molecule has 2 aromatic rings. The van der Waals surface area contributed by atoms with Crippen molar-refractivity contribution in [3.63, 3.8) is 0 Å². The number of nitrogens with one attached hydrogen (secondary N) is 1. The number of nitrogens with zero attached hydrogens (tertiary/aromatic N) is 1. The monoisotopic (exact) mass is 344 g/mol. The van der Waals surface area contributed by atoms with E-state index < -0.39 is 6.04 Å². The smallest absolute Gasteiger partial charge is 0.234 e. The van der Waals surface area contributed by atoms with Crippen LogP contribution < -0.4 is 5.32 Å². The number of ketones is 1.